The average molecular weight is 252 g/mol. The molecule has 2 rings (SSSR count). The summed E-state index contributed by atoms with van der Waals surface area (Å²) < 4.78 is 0. The van der Waals surface area contributed by atoms with Crippen molar-refractivity contribution >= 4 is 0 Å². The van der Waals surface area contributed by atoms with Crippen molar-refractivity contribution in [1.82, 2.24) is 0 Å². The summed E-state index contributed by atoms with van der Waals surface area (Å²) in [5.74, 6) is 0. The molecule has 0 aliphatic heterocycles. The quantitative estimate of drug-likeness (QED) is 0.610. The smallest absolute Gasteiger partial charge is 0.00230 e. The summed E-state index contributed by atoms with van der Waals surface area (Å²) in [6.07, 6.45) is 6.21. The molecule has 0 spiro atoms. The van der Waals surface area contributed by atoms with Gasteiger partial charge in [-0.1, -0.05) is 68.3 Å². The first-order chi connectivity index (χ1) is 9.29. The molecule has 0 atom stereocenters. The fourth-order valence-corrected chi connectivity index (χ4v) is 2.50. The maximum atomic E-state index is 2.38. The van der Waals surface area contributed by atoms with E-state index in [2.05, 4.69) is 62.4 Å². The van der Waals surface area contributed by atoms with Crippen LogP contribution in [0.4, 0.5) is 0 Å². The molecule has 0 fully saturated rings. The summed E-state index contributed by atoms with van der Waals surface area (Å²) in [7, 11) is 0. The van der Waals surface area contributed by atoms with Gasteiger partial charge >= 0.3 is 0 Å². The fourth-order valence-electron chi connectivity index (χ4n) is 2.50. The molecule has 100 valence electrons. The van der Waals surface area contributed by atoms with Crippen LogP contribution in [0.3, 0.4) is 0 Å². The second-order valence-corrected chi connectivity index (χ2v) is 5.38. The van der Waals surface area contributed by atoms with Crippen LogP contribution in [0.1, 0.15) is 48.4 Å². The molecule has 0 heteroatoms. The van der Waals surface area contributed by atoms with Gasteiger partial charge in [0.15, 0.2) is 0 Å². The van der Waals surface area contributed by atoms with E-state index < -0.39 is 0 Å². The van der Waals surface area contributed by atoms with Crippen LogP contribution < -0.4 is 0 Å². The number of unbranched alkanes of at least 4 members (excludes halogenated alkanes) is 2. The zero-order chi connectivity index (χ0) is 13.5. The first kappa shape index (κ1) is 13.9. The maximum Gasteiger partial charge on any atom is -0.00230 e. The van der Waals surface area contributed by atoms with Gasteiger partial charge in [-0.25, -0.2) is 0 Å². The summed E-state index contributed by atoms with van der Waals surface area (Å²) in [4.78, 5) is 0. The molecule has 2 aromatic rings. The molecule has 0 radical (unpaired) electrons. The average Bonchev–Trinajstić information content (AvgIpc) is 2.42. The molecule has 19 heavy (non-hydrogen) atoms. The third-order valence-corrected chi connectivity index (χ3v) is 3.72. The summed E-state index contributed by atoms with van der Waals surface area (Å²) in [6, 6.07) is 17.8. The summed E-state index contributed by atoms with van der Waals surface area (Å²) in [5, 5.41) is 0. The number of hydrogen-bond donors (Lipinski definition) is 0. The highest BCUT2D eigenvalue weighted by molar-refractivity contribution is 5.33. The monoisotopic (exact) mass is 252 g/mol. The predicted octanol–water partition coefficient (Wildman–Crippen LogP) is 5.32. The Morgan fingerprint density at radius 2 is 1.63 bits per heavy atom. The predicted molar refractivity (Wildman–Crippen MR) is 83.7 cm³/mol. The van der Waals surface area contributed by atoms with Crippen LogP contribution in [0.2, 0.25) is 0 Å². The van der Waals surface area contributed by atoms with Crippen molar-refractivity contribution in [3.8, 4) is 0 Å². The van der Waals surface area contributed by atoms with Crippen LogP contribution >= 0.6 is 0 Å². The minimum absolute atomic E-state index is 1.05. The van der Waals surface area contributed by atoms with Crippen LogP contribution in [0.5, 0.6) is 0 Å². The van der Waals surface area contributed by atoms with Crippen LogP contribution in [0.15, 0.2) is 48.5 Å². The van der Waals surface area contributed by atoms with Crippen LogP contribution in [0, 0.1) is 6.92 Å². The van der Waals surface area contributed by atoms with E-state index in [1.54, 1.807) is 0 Å². The SMILES string of the molecule is CCCCCc1cccc(Cc2ccccc2C)c1. The van der Waals surface area contributed by atoms with Gasteiger partial charge in [0.05, 0.1) is 0 Å². The molecule has 0 N–H and O–H groups in total. The Kier molecular flexibility index (Phi) is 5.20. The van der Waals surface area contributed by atoms with Crippen LogP contribution in [-0.2, 0) is 12.8 Å². The van der Waals surface area contributed by atoms with E-state index in [0.29, 0.717) is 0 Å². The van der Waals surface area contributed by atoms with Crippen LogP contribution in [0.25, 0.3) is 0 Å². The Morgan fingerprint density at radius 3 is 2.42 bits per heavy atom. The number of rotatable bonds is 6. The van der Waals surface area contributed by atoms with Crippen molar-refractivity contribution in [2.75, 3.05) is 0 Å². The van der Waals surface area contributed by atoms with E-state index in [0.717, 1.165) is 6.42 Å². The zero-order valence-electron chi connectivity index (χ0n) is 12.2. The largest absolute Gasteiger partial charge is 0.0654 e. The van der Waals surface area contributed by atoms with Crippen molar-refractivity contribution in [1.29, 1.82) is 0 Å². The van der Waals surface area contributed by atoms with Gasteiger partial charge in [0, 0.05) is 0 Å². The van der Waals surface area contributed by atoms with E-state index in [4.69, 9.17) is 0 Å². The zero-order valence-corrected chi connectivity index (χ0v) is 12.2. The third kappa shape index (κ3) is 4.24. The van der Waals surface area contributed by atoms with Crippen LogP contribution in [-0.4, -0.2) is 0 Å². The second-order valence-electron chi connectivity index (χ2n) is 5.38. The van der Waals surface area contributed by atoms with Gasteiger partial charge < -0.3 is 0 Å². The van der Waals surface area contributed by atoms with E-state index in [-0.39, 0.29) is 0 Å². The Morgan fingerprint density at radius 1 is 0.842 bits per heavy atom. The minimum Gasteiger partial charge on any atom is -0.0654 e. The maximum absolute atomic E-state index is 2.38. The molecular formula is C19H24. The Balaban J connectivity index is 2.05. The Hall–Kier alpha value is -1.56. The molecule has 0 saturated heterocycles. The standard InChI is InChI=1S/C19H24/c1-3-4-5-10-17-11-8-12-18(14-17)15-19-13-7-6-9-16(19)2/h6-9,11-14H,3-5,10,15H2,1-2H3. The molecule has 0 saturated carbocycles. The second kappa shape index (κ2) is 7.13. The topological polar surface area (TPSA) is 0 Å². The summed E-state index contributed by atoms with van der Waals surface area (Å²) in [5.41, 5.74) is 5.75. The lowest BCUT2D eigenvalue weighted by molar-refractivity contribution is 0.717. The first-order valence-corrected chi connectivity index (χ1v) is 7.42. The highest BCUT2D eigenvalue weighted by Crippen LogP contribution is 2.16. The van der Waals surface area contributed by atoms with Gasteiger partial charge in [-0.3, -0.25) is 0 Å². The van der Waals surface area contributed by atoms with Gasteiger partial charge in [0.2, 0.25) is 0 Å². The van der Waals surface area contributed by atoms with E-state index >= 15 is 0 Å². The molecular weight excluding hydrogens is 228 g/mol. The lowest BCUT2D eigenvalue weighted by Crippen LogP contribution is -1.93. The van der Waals surface area contributed by atoms with Crippen molar-refractivity contribution in [2.45, 2.75) is 46.0 Å². The lowest BCUT2D eigenvalue weighted by atomic mass is 9.98. The molecule has 0 aromatic heterocycles. The third-order valence-electron chi connectivity index (χ3n) is 3.72. The summed E-state index contributed by atoms with van der Waals surface area (Å²) in [6.45, 7) is 4.45. The van der Waals surface area contributed by atoms with Crippen molar-refractivity contribution in [3.63, 3.8) is 0 Å². The van der Waals surface area contributed by atoms with Gasteiger partial charge in [0.1, 0.15) is 0 Å². The van der Waals surface area contributed by atoms with E-state index in [1.807, 2.05) is 0 Å². The molecule has 0 bridgehead atoms. The Bertz CT molecular complexity index is 511. The highest BCUT2D eigenvalue weighted by atomic mass is 14.1. The van der Waals surface area contributed by atoms with Gasteiger partial charge in [-0.05, 0) is 48.4 Å². The number of hydrogen-bond acceptors (Lipinski definition) is 0. The molecule has 0 nitrogen and oxygen atoms in total. The molecule has 0 aliphatic carbocycles. The summed E-state index contributed by atoms with van der Waals surface area (Å²) >= 11 is 0. The number of benzene rings is 2. The normalized spacial score (nSPS) is 10.6. The van der Waals surface area contributed by atoms with Gasteiger partial charge in [-0.15, -0.1) is 0 Å². The first-order valence-electron chi connectivity index (χ1n) is 7.42. The fraction of sp³-hybridized carbons (Fsp3) is 0.368. The number of aryl methyl sites for hydroxylation is 2. The highest BCUT2D eigenvalue weighted by Gasteiger charge is 2.01. The van der Waals surface area contributed by atoms with Gasteiger partial charge in [0.25, 0.3) is 0 Å². The Labute approximate surface area is 117 Å². The minimum atomic E-state index is 1.05. The molecule has 2 aromatic carbocycles. The molecule has 0 amide bonds. The molecule has 0 aliphatic rings. The van der Waals surface area contributed by atoms with Crippen molar-refractivity contribution in [2.24, 2.45) is 0 Å². The van der Waals surface area contributed by atoms with E-state index in [1.165, 1.54) is 47.9 Å². The van der Waals surface area contributed by atoms with Gasteiger partial charge in [-0.2, -0.15) is 0 Å². The van der Waals surface area contributed by atoms with Crippen molar-refractivity contribution < 1.29 is 0 Å². The van der Waals surface area contributed by atoms with E-state index in [9.17, 15) is 0 Å². The molecule has 0 unspecified atom stereocenters. The van der Waals surface area contributed by atoms with Crippen molar-refractivity contribution in [3.05, 3.63) is 70.8 Å². The molecule has 0 heterocycles. The lowest BCUT2D eigenvalue weighted by Gasteiger charge is -2.08.